The summed E-state index contributed by atoms with van der Waals surface area (Å²) in [5.74, 6) is 1.59. The molecule has 0 aromatic carbocycles. The highest BCUT2D eigenvalue weighted by molar-refractivity contribution is 5.12. The second kappa shape index (κ2) is 4.05. The predicted octanol–water partition coefficient (Wildman–Crippen LogP) is 1.46. The molecule has 5 heteroatoms. The number of hydrogen-bond donors (Lipinski definition) is 1. The number of nitrogens with zero attached hydrogens (tertiary/aromatic N) is 4. The summed E-state index contributed by atoms with van der Waals surface area (Å²) in [6.45, 7) is 14.0. The fourth-order valence-corrected chi connectivity index (χ4v) is 2.69. The molecule has 0 radical (unpaired) electrons. The topological polar surface area (TPSA) is 55.6 Å². The molecule has 2 rings (SSSR count). The molecule has 1 N–H and O–H groups in total. The van der Waals surface area contributed by atoms with Gasteiger partial charge in [0.15, 0.2) is 5.82 Å². The van der Waals surface area contributed by atoms with E-state index in [-0.39, 0.29) is 0 Å². The fraction of sp³-hybridized carbons (Fsp3) is 0.917. The first kappa shape index (κ1) is 12.5. The van der Waals surface area contributed by atoms with Crippen molar-refractivity contribution in [3.63, 3.8) is 0 Å². The van der Waals surface area contributed by atoms with Gasteiger partial charge in [0, 0.05) is 6.54 Å². The summed E-state index contributed by atoms with van der Waals surface area (Å²) in [7, 11) is 0. The van der Waals surface area contributed by atoms with Crippen LogP contribution < -0.4 is 5.32 Å². The molecular weight excluding hydrogens is 214 g/mol. The van der Waals surface area contributed by atoms with Gasteiger partial charge >= 0.3 is 0 Å². The van der Waals surface area contributed by atoms with Crippen LogP contribution in [0.1, 0.15) is 40.4 Å². The van der Waals surface area contributed by atoms with Crippen LogP contribution >= 0.6 is 0 Å². The minimum absolute atomic E-state index is 0.383. The van der Waals surface area contributed by atoms with Crippen molar-refractivity contribution >= 4 is 0 Å². The highest BCUT2D eigenvalue weighted by atomic mass is 15.5. The third-order valence-corrected chi connectivity index (χ3v) is 4.81. The quantitative estimate of drug-likeness (QED) is 0.842. The van der Waals surface area contributed by atoms with Crippen molar-refractivity contribution in [2.75, 3.05) is 6.54 Å². The van der Waals surface area contributed by atoms with E-state index < -0.39 is 0 Å². The van der Waals surface area contributed by atoms with Crippen LogP contribution in [0.4, 0.5) is 0 Å². The third kappa shape index (κ3) is 1.97. The smallest absolute Gasteiger partial charge is 0.165 e. The van der Waals surface area contributed by atoms with E-state index >= 15 is 0 Å². The summed E-state index contributed by atoms with van der Waals surface area (Å²) in [4.78, 5) is 0. The lowest BCUT2D eigenvalue weighted by Crippen LogP contribution is -2.18. The summed E-state index contributed by atoms with van der Waals surface area (Å²) < 4.78 is 1.95. The molecule has 0 bridgehead atoms. The normalized spacial score (nSPS) is 21.7. The lowest BCUT2D eigenvalue weighted by molar-refractivity contribution is 0.447. The van der Waals surface area contributed by atoms with Gasteiger partial charge in [-0.15, -0.1) is 5.10 Å². The Kier molecular flexibility index (Phi) is 2.97. The van der Waals surface area contributed by atoms with Crippen molar-refractivity contribution in [2.24, 2.45) is 16.7 Å². The van der Waals surface area contributed by atoms with Crippen LogP contribution in [0.25, 0.3) is 0 Å². The summed E-state index contributed by atoms with van der Waals surface area (Å²) in [5, 5.41) is 15.2. The Bertz CT molecular complexity index is 379. The van der Waals surface area contributed by atoms with Crippen molar-refractivity contribution in [1.29, 1.82) is 0 Å². The minimum Gasteiger partial charge on any atom is -0.310 e. The van der Waals surface area contributed by atoms with Crippen molar-refractivity contribution in [3.05, 3.63) is 5.82 Å². The van der Waals surface area contributed by atoms with Crippen molar-refractivity contribution < 1.29 is 0 Å². The number of rotatable bonds is 5. The van der Waals surface area contributed by atoms with Gasteiger partial charge in [-0.2, -0.15) is 0 Å². The lowest BCUT2D eigenvalue weighted by atomic mass is 10.0. The van der Waals surface area contributed by atoms with Crippen molar-refractivity contribution in [2.45, 2.75) is 47.7 Å². The van der Waals surface area contributed by atoms with Crippen LogP contribution in [0.2, 0.25) is 0 Å². The van der Waals surface area contributed by atoms with Crippen LogP contribution in [0, 0.1) is 16.7 Å². The Morgan fingerprint density at radius 1 is 1.24 bits per heavy atom. The third-order valence-electron chi connectivity index (χ3n) is 4.81. The molecule has 1 heterocycles. The van der Waals surface area contributed by atoms with Gasteiger partial charge in [-0.05, 0) is 33.7 Å². The van der Waals surface area contributed by atoms with E-state index in [4.69, 9.17) is 0 Å². The molecule has 1 saturated carbocycles. The van der Waals surface area contributed by atoms with Crippen LogP contribution in [0.15, 0.2) is 0 Å². The minimum atomic E-state index is 0.383. The number of tetrazole rings is 1. The Morgan fingerprint density at radius 3 is 2.41 bits per heavy atom. The Balaban J connectivity index is 2.03. The van der Waals surface area contributed by atoms with Gasteiger partial charge < -0.3 is 5.32 Å². The number of aromatic nitrogens is 4. The maximum Gasteiger partial charge on any atom is 0.165 e. The van der Waals surface area contributed by atoms with E-state index in [0.29, 0.717) is 16.7 Å². The molecule has 1 aliphatic carbocycles. The summed E-state index contributed by atoms with van der Waals surface area (Å²) >= 11 is 0. The Morgan fingerprint density at radius 2 is 1.88 bits per heavy atom. The predicted molar refractivity (Wildman–Crippen MR) is 66.2 cm³/mol. The second-order valence-electron chi connectivity index (χ2n) is 6.05. The van der Waals surface area contributed by atoms with Crippen LogP contribution in [0.5, 0.6) is 0 Å². The van der Waals surface area contributed by atoms with Crippen LogP contribution in [-0.2, 0) is 13.1 Å². The van der Waals surface area contributed by atoms with Gasteiger partial charge in [0.1, 0.15) is 0 Å². The van der Waals surface area contributed by atoms with Gasteiger partial charge in [0.05, 0.1) is 6.54 Å². The van der Waals surface area contributed by atoms with E-state index in [1.54, 1.807) is 0 Å². The maximum absolute atomic E-state index is 4.10. The first-order valence-corrected chi connectivity index (χ1v) is 6.37. The number of hydrogen-bond acceptors (Lipinski definition) is 4. The molecule has 96 valence electrons. The molecule has 0 atom stereocenters. The maximum atomic E-state index is 4.10. The van der Waals surface area contributed by atoms with Gasteiger partial charge in [-0.1, -0.05) is 34.6 Å². The van der Waals surface area contributed by atoms with E-state index in [1.165, 1.54) is 0 Å². The first-order chi connectivity index (χ1) is 7.91. The zero-order valence-corrected chi connectivity index (χ0v) is 11.5. The number of nitrogens with one attached hydrogen (secondary N) is 1. The van der Waals surface area contributed by atoms with Gasteiger partial charge in [-0.3, -0.25) is 0 Å². The van der Waals surface area contributed by atoms with E-state index in [0.717, 1.165) is 25.5 Å². The summed E-state index contributed by atoms with van der Waals surface area (Å²) in [6.07, 6.45) is 0. The van der Waals surface area contributed by atoms with Gasteiger partial charge in [0.25, 0.3) is 0 Å². The molecule has 0 unspecified atom stereocenters. The van der Waals surface area contributed by atoms with Crippen LogP contribution in [-0.4, -0.2) is 26.8 Å². The molecule has 0 saturated heterocycles. The average molecular weight is 237 g/mol. The summed E-state index contributed by atoms with van der Waals surface area (Å²) in [5.41, 5.74) is 0.767. The molecule has 1 aromatic rings. The molecule has 1 aromatic heterocycles. The summed E-state index contributed by atoms with van der Waals surface area (Å²) in [6, 6.07) is 0. The monoisotopic (exact) mass is 237 g/mol. The van der Waals surface area contributed by atoms with E-state index in [1.807, 2.05) is 4.68 Å². The molecule has 5 nitrogen and oxygen atoms in total. The highest BCUT2D eigenvalue weighted by Crippen LogP contribution is 2.68. The molecule has 0 amide bonds. The highest BCUT2D eigenvalue weighted by Gasteiger charge is 2.64. The molecule has 0 aliphatic heterocycles. The average Bonchev–Trinajstić information content (AvgIpc) is 2.63. The Hall–Kier alpha value is -0.970. The Labute approximate surface area is 103 Å². The van der Waals surface area contributed by atoms with E-state index in [9.17, 15) is 0 Å². The van der Waals surface area contributed by atoms with Gasteiger partial charge in [0.2, 0.25) is 0 Å². The van der Waals surface area contributed by atoms with Gasteiger partial charge in [-0.25, -0.2) is 4.68 Å². The van der Waals surface area contributed by atoms with Crippen molar-refractivity contribution in [1.82, 2.24) is 25.5 Å². The first-order valence-electron chi connectivity index (χ1n) is 6.37. The molecule has 1 aliphatic rings. The second-order valence-corrected chi connectivity index (χ2v) is 6.05. The SMILES string of the molecule is CCNCc1nnnn1CC1C(C)(C)C1(C)C. The van der Waals surface area contributed by atoms with E-state index in [2.05, 4.69) is 55.5 Å². The van der Waals surface area contributed by atoms with Crippen molar-refractivity contribution in [3.8, 4) is 0 Å². The lowest BCUT2D eigenvalue weighted by Gasteiger charge is -2.06. The molecule has 1 fully saturated rings. The molecular formula is C12H23N5. The standard InChI is InChI=1S/C12H23N5/c1-6-13-7-10-14-15-16-17(10)8-9-11(2,3)12(9,4)5/h9,13H,6-8H2,1-5H3. The molecule has 0 spiro atoms. The molecule has 17 heavy (non-hydrogen) atoms. The largest absolute Gasteiger partial charge is 0.310 e. The zero-order valence-electron chi connectivity index (χ0n) is 11.5. The van der Waals surface area contributed by atoms with Crippen LogP contribution in [0.3, 0.4) is 0 Å². The fourth-order valence-electron chi connectivity index (χ4n) is 2.69. The zero-order chi connectivity index (χ0) is 12.7.